The highest BCUT2D eigenvalue weighted by atomic mass is 32.2. The van der Waals surface area contributed by atoms with Crippen molar-refractivity contribution in [2.45, 2.75) is 57.6 Å². The predicted molar refractivity (Wildman–Crippen MR) is 105 cm³/mol. The average molecular weight is 376 g/mol. The van der Waals surface area contributed by atoms with Crippen molar-refractivity contribution in [3.63, 3.8) is 0 Å². The lowest BCUT2D eigenvalue weighted by Crippen LogP contribution is -2.26. The molecule has 1 heterocycles. The molecular weight excluding hydrogens is 346 g/mol. The van der Waals surface area contributed by atoms with Gasteiger partial charge in [0.05, 0.1) is 17.2 Å². The average Bonchev–Trinajstić information content (AvgIpc) is 3.16. The van der Waals surface area contributed by atoms with E-state index in [0.29, 0.717) is 11.7 Å². The minimum absolute atomic E-state index is 0.250. The smallest absolute Gasteiger partial charge is 0.166 e. The Morgan fingerprint density at radius 3 is 2.27 bits per heavy atom. The summed E-state index contributed by atoms with van der Waals surface area (Å²) in [5.41, 5.74) is 2.40. The van der Waals surface area contributed by atoms with Crippen LogP contribution in [0.4, 0.5) is 0 Å². The van der Waals surface area contributed by atoms with Gasteiger partial charge in [0.25, 0.3) is 0 Å². The molecule has 0 atom stereocenters. The molecule has 1 aliphatic rings. The predicted octanol–water partition coefficient (Wildman–Crippen LogP) is 4.90. The minimum Gasteiger partial charge on any atom is -0.356 e. The van der Waals surface area contributed by atoms with E-state index in [1.807, 2.05) is 6.07 Å². The van der Waals surface area contributed by atoms with Crippen molar-refractivity contribution >= 4 is 9.84 Å². The molecule has 0 spiro atoms. The Balaban J connectivity index is 1.44. The van der Waals surface area contributed by atoms with Gasteiger partial charge in [0.2, 0.25) is 0 Å². The third kappa shape index (κ3) is 4.97. The zero-order chi connectivity index (χ0) is 18.6. The number of aryl methyl sites for hydroxylation is 1. The van der Waals surface area contributed by atoms with E-state index in [1.54, 1.807) is 20.0 Å². The van der Waals surface area contributed by atoms with Gasteiger partial charge in [0, 0.05) is 11.6 Å². The van der Waals surface area contributed by atoms with Gasteiger partial charge < -0.3 is 4.52 Å². The molecule has 142 valence electrons. The molecule has 5 heteroatoms. The minimum atomic E-state index is -2.91. The molecule has 0 unspecified atom stereocenters. The molecule has 0 amide bonds. The summed E-state index contributed by atoms with van der Waals surface area (Å²) in [7, 11) is -2.91. The Morgan fingerprint density at radius 1 is 1.04 bits per heavy atom. The van der Waals surface area contributed by atoms with E-state index in [1.165, 1.54) is 12.0 Å². The maximum Gasteiger partial charge on any atom is 0.166 e. The second kappa shape index (κ2) is 8.38. The molecule has 2 aromatic rings. The lowest BCUT2D eigenvalue weighted by Gasteiger charge is -2.28. The van der Waals surface area contributed by atoms with Crippen molar-refractivity contribution in [2.75, 3.05) is 5.75 Å². The maximum atomic E-state index is 12.1. The van der Waals surface area contributed by atoms with Gasteiger partial charge in [0.1, 0.15) is 0 Å². The number of rotatable bonds is 7. The summed E-state index contributed by atoms with van der Waals surface area (Å²) in [6.07, 6.45) is 8.36. The maximum absolute atomic E-state index is 12.1. The summed E-state index contributed by atoms with van der Waals surface area (Å²) < 4.78 is 29.4. The van der Waals surface area contributed by atoms with Gasteiger partial charge in [-0.3, -0.25) is 0 Å². The molecule has 4 nitrogen and oxygen atoms in total. The fourth-order valence-corrected chi connectivity index (χ4v) is 5.15. The van der Waals surface area contributed by atoms with Gasteiger partial charge in [-0.15, -0.1) is 0 Å². The molecule has 3 rings (SSSR count). The van der Waals surface area contributed by atoms with E-state index in [-0.39, 0.29) is 5.25 Å². The van der Waals surface area contributed by atoms with Crippen molar-refractivity contribution < 1.29 is 12.9 Å². The Morgan fingerprint density at radius 2 is 1.69 bits per heavy atom. The standard InChI is InChI=1S/C21H29NO3S/c1-16(2)26(23,24)15-19-7-5-17(6-8-19)3-4-18-9-11-20(12-10-18)21-13-14-22-25-21/h9-14,16-17,19H,3-8,15H2,1-2H3. The van der Waals surface area contributed by atoms with E-state index in [9.17, 15) is 8.42 Å². The first-order valence-corrected chi connectivity index (χ1v) is 11.4. The van der Waals surface area contributed by atoms with Crippen LogP contribution in [0.5, 0.6) is 0 Å². The van der Waals surface area contributed by atoms with Crippen molar-refractivity contribution in [1.82, 2.24) is 5.16 Å². The number of aromatic nitrogens is 1. The number of nitrogens with zero attached hydrogens (tertiary/aromatic N) is 1. The molecule has 26 heavy (non-hydrogen) atoms. The fourth-order valence-electron chi connectivity index (χ4n) is 3.78. The molecule has 0 saturated heterocycles. The highest BCUT2D eigenvalue weighted by Gasteiger charge is 2.27. The zero-order valence-corrected chi connectivity index (χ0v) is 16.5. The van der Waals surface area contributed by atoms with E-state index in [4.69, 9.17) is 4.52 Å². The monoisotopic (exact) mass is 375 g/mol. The van der Waals surface area contributed by atoms with Gasteiger partial charge in [0.15, 0.2) is 15.6 Å². The quantitative estimate of drug-likeness (QED) is 0.690. The topological polar surface area (TPSA) is 60.2 Å². The van der Waals surface area contributed by atoms with Crippen LogP contribution >= 0.6 is 0 Å². The van der Waals surface area contributed by atoms with E-state index in [2.05, 4.69) is 29.4 Å². The lowest BCUT2D eigenvalue weighted by atomic mass is 9.80. The molecule has 1 aromatic heterocycles. The summed E-state index contributed by atoms with van der Waals surface area (Å²) in [6, 6.07) is 10.4. The molecule has 0 radical (unpaired) electrons. The molecular formula is C21H29NO3S. The van der Waals surface area contributed by atoms with Gasteiger partial charge >= 0.3 is 0 Å². The van der Waals surface area contributed by atoms with Crippen molar-refractivity contribution in [2.24, 2.45) is 11.8 Å². The molecule has 0 bridgehead atoms. The van der Waals surface area contributed by atoms with Gasteiger partial charge in [-0.1, -0.05) is 42.3 Å². The third-order valence-corrected chi connectivity index (χ3v) is 8.04. The Bertz CT molecular complexity index is 771. The van der Waals surface area contributed by atoms with Crippen LogP contribution in [0.2, 0.25) is 0 Å². The van der Waals surface area contributed by atoms with Crippen LogP contribution in [0.25, 0.3) is 11.3 Å². The van der Waals surface area contributed by atoms with Crippen LogP contribution in [0.1, 0.15) is 51.5 Å². The molecule has 0 N–H and O–H groups in total. The Kier molecular flexibility index (Phi) is 6.17. The van der Waals surface area contributed by atoms with Crippen LogP contribution < -0.4 is 0 Å². The van der Waals surface area contributed by atoms with Gasteiger partial charge in [-0.25, -0.2) is 8.42 Å². The largest absolute Gasteiger partial charge is 0.356 e. The van der Waals surface area contributed by atoms with Crippen LogP contribution in [0.3, 0.4) is 0 Å². The number of hydrogen-bond acceptors (Lipinski definition) is 4. The Hall–Kier alpha value is -1.62. The van der Waals surface area contributed by atoms with Crippen molar-refractivity contribution in [3.8, 4) is 11.3 Å². The van der Waals surface area contributed by atoms with Crippen LogP contribution in [-0.2, 0) is 16.3 Å². The van der Waals surface area contributed by atoms with Crippen LogP contribution in [-0.4, -0.2) is 24.6 Å². The summed E-state index contributed by atoms with van der Waals surface area (Å²) in [6.45, 7) is 3.57. The van der Waals surface area contributed by atoms with E-state index >= 15 is 0 Å². The molecule has 0 aliphatic heterocycles. The van der Waals surface area contributed by atoms with Crippen molar-refractivity contribution in [3.05, 3.63) is 42.1 Å². The second-order valence-electron chi connectivity index (χ2n) is 7.88. The Labute approximate surface area is 156 Å². The van der Waals surface area contributed by atoms with Crippen molar-refractivity contribution in [1.29, 1.82) is 0 Å². The molecule has 1 aromatic carbocycles. The fraction of sp³-hybridized carbons (Fsp3) is 0.571. The van der Waals surface area contributed by atoms with E-state index in [0.717, 1.165) is 49.3 Å². The van der Waals surface area contributed by atoms with E-state index < -0.39 is 9.84 Å². The molecule has 1 saturated carbocycles. The number of hydrogen-bond donors (Lipinski definition) is 0. The SMILES string of the molecule is CC(C)S(=O)(=O)CC1CCC(CCc2ccc(-c3ccno3)cc2)CC1. The van der Waals surface area contributed by atoms with Gasteiger partial charge in [-0.05, 0) is 56.9 Å². The summed E-state index contributed by atoms with van der Waals surface area (Å²) in [5.74, 6) is 2.26. The highest BCUT2D eigenvalue weighted by Crippen LogP contribution is 2.33. The number of benzene rings is 1. The molecule has 1 aliphatic carbocycles. The van der Waals surface area contributed by atoms with Crippen LogP contribution in [0.15, 0.2) is 41.1 Å². The highest BCUT2D eigenvalue weighted by molar-refractivity contribution is 7.91. The summed E-state index contributed by atoms with van der Waals surface area (Å²) >= 11 is 0. The summed E-state index contributed by atoms with van der Waals surface area (Å²) in [5, 5.41) is 3.49. The second-order valence-corrected chi connectivity index (χ2v) is 10.5. The normalized spacial score (nSPS) is 21.2. The first-order valence-electron chi connectivity index (χ1n) is 9.65. The summed E-state index contributed by atoms with van der Waals surface area (Å²) in [4.78, 5) is 0. The third-order valence-electron chi connectivity index (χ3n) is 5.67. The number of sulfone groups is 1. The zero-order valence-electron chi connectivity index (χ0n) is 15.7. The van der Waals surface area contributed by atoms with Gasteiger partial charge in [-0.2, -0.15) is 0 Å². The molecule has 1 fully saturated rings. The first-order chi connectivity index (χ1) is 12.4. The first kappa shape index (κ1) is 19.2. The lowest BCUT2D eigenvalue weighted by molar-refractivity contribution is 0.278. The van der Waals surface area contributed by atoms with Crippen LogP contribution in [0, 0.1) is 11.8 Å².